The van der Waals surface area contributed by atoms with Gasteiger partial charge in [0.1, 0.15) is 96.3 Å². The molecule has 260 valence electrons. The monoisotopic (exact) mass is 680 g/mol. The lowest BCUT2D eigenvalue weighted by Gasteiger charge is -2.39. The first-order valence-corrected chi connectivity index (χ1v) is 14.4. The number of rotatable bonds is 10. The summed E-state index contributed by atoms with van der Waals surface area (Å²) < 4.78 is 32.2. The van der Waals surface area contributed by atoms with Crippen LogP contribution in [0, 0.1) is 0 Å². The molecule has 10 atom stereocenters. The number of esters is 1. The molecule has 5 rings (SSSR count). The van der Waals surface area contributed by atoms with Crippen LogP contribution in [0.1, 0.15) is 6.42 Å². The second kappa shape index (κ2) is 14.4. The van der Waals surface area contributed by atoms with Crippen LogP contribution in [-0.2, 0) is 23.8 Å². The molecule has 2 fully saturated rings. The van der Waals surface area contributed by atoms with Gasteiger partial charge in [0.25, 0.3) is 0 Å². The minimum atomic E-state index is -1.77. The average molecular weight is 681 g/mol. The number of phenolic OH excluding ortho intramolecular Hbond substituents is 1. The van der Waals surface area contributed by atoms with E-state index in [0.717, 1.165) is 12.3 Å². The summed E-state index contributed by atoms with van der Waals surface area (Å²) in [6, 6.07) is 7.90. The number of aliphatic hydroxyl groups is 7. The van der Waals surface area contributed by atoms with Crippen molar-refractivity contribution in [2.45, 2.75) is 67.8 Å². The zero-order valence-electron chi connectivity index (χ0n) is 24.6. The van der Waals surface area contributed by atoms with Gasteiger partial charge in [-0.25, -0.2) is 0 Å². The van der Waals surface area contributed by atoms with Crippen LogP contribution in [0.2, 0.25) is 0 Å². The number of carboxylic acids is 1. The molecule has 48 heavy (non-hydrogen) atoms. The Bertz CT molecular complexity index is 1670. The number of carbonyl (C=O) groups is 2. The van der Waals surface area contributed by atoms with Crippen LogP contribution in [0.3, 0.4) is 0 Å². The summed E-state index contributed by atoms with van der Waals surface area (Å²) in [5.74, 6) is -3.16. The molecule has 0 amide bonds. The predicted molar refractivity (Wildman–Crippen MR) is 155 cm³/mol. The maximum absolute atomic E-state index is 13.4. The molecular weight excluding hydrogens is 648 g/mol. The summed E-state index contributed by atoms with van der Waals surface area (Å²) in [5, 5.41) is 89.5. The van der Waals surface area contributed by atoms with E-state index < -0.39 is 104 Å². The number of aliphatic hydroxyl groups excluding tert-OH is 7. The van der Waals surface area contributed by atoms with E-state index in [9.17, 15) is 55.2 Å². The number of aromatic hydroxyl groups is 1. The van der Waals surface area contributed by atoms with Gasteiger partial charge in [-0.05, 0) is 17.7 Å². The van der Waals surface area contributed by atoms with E-state index in [2.05, 4.69) is 0 Å². The molecule has 1 aromatic heterocycles. The molecule has 0 unspecified atom stereocenters. The van der Waals surface area contributed by atoms with Crippen LogP contribution in [0.15, 0.2) is 51.9 Å². The molecular formula is C30H32O18. The normalized spacial score (nSPS) is 30.5. The lowest BCUT2D eigenvalue weighted by molar-refractivity contribution is -0.278. The molecule has 18 heteroatoms. The Morgan fingerprint density at radius 1 is 0.771 bits per heavy atom. The molecule has 0 spiro atoms. The lowest BCUT2D eigenvalue weighted by Crippen LogP contribution is -2.60. The molecule has 9 N–H and O–H groups in total. The zero-order valence-corrected chi connectivity index (χ0v) is 24.6. The SMILES string of the molecule is O=C(O)CC(=O)OC[C@H]1O[C@@H](Oc2ccc(-c3coc4cc(O[C@@H]5O[C@H](CO)[C@@H](O)[C@H](O)[C@H]5O)cc(O)c4c3=O)cc2)[C@H](O)[C@@H](O)[C@@H]1O. The highest BCUT2D eigenvalue weighted by Gasteiger charge is 2.46. The molecule has 2 saturated heterocycles. The van der Waals surface area contributed by atoms with Crippen molar-refractivity contribution in [3.63, 3.8) is 0 Å². The van der Waals surface area contributed by atoms with Crippen LogP contribution in [-0.4, -0.2) is 133 Å². The lowest BCUT2D eigenvalue weighted by atomic mass is 9.99. The van der Waals surface area contributed by atoms with Crippen molar-refractivity contribution >= 4 is 22.9 Å². The maximum Gasteiger partial charge on any atom is 0.317 e. The molecule has 3 heterocycles. The Morgan fingerprint density at radius 2 is 1.35 bits per heavy atom. The Hall–Kier alpha value is -4.37. The van der Waals surface area contributed by atoms with Gasteiger partial charge in [-0.15, -0.1) is 0 Å². The van der Waals surface area contributed by atoms with Crippen LogP contribution in [0.25, 0.3) is 22.1 Å². The van der Waals surface area contributed by atoms with Crippen molar-refractivity contribution in [1.29, 1.82) is 0 Å². The topological polar surface area (TPSA) is 293 Å². The number of benzene rings is 2. The average Bonchev–Trinajstić information content (AvgIpc) is 3.04. The smallest absolute Gasteiger partial charge is 0.317 e. The first-order valence-electron chi connectivity index (χ1n) is 14.4. The van der Waals surface area contributed by atoms with Crippen LogP contribution in [0.4, 0.5) is 0 Å². The molecule has 2 aliphatic heterocycles. The van der Waals surface area contributed by atoms with Crippen molar-refractivity contribution in [1.82, 2.24) is 0 Å². The van der Waals surface area contributed by atoms with Crippen molar-refractivity contribution in [3.8, 4) is 28.4 Å². The van der Waals surface area contributed by atoms with Gasteiger partial charge in [0.05, 0.1) is 12.2 Å². The molecule has 18 nitrogen and oxygen atoms in total. The Labute approximate surface area is 269 Å². The van der Waals surface area contributed by atoms with Crippen LogP contribution in [0.5, 0.6) is 17.2 Å². The molecule has 0 radical (unpaired) electrons. The second-order valence-corrected chi connectivity index (χ2v) is 11.0. The van der Waals surface area contributed by atoms with Gasteiger partial charge in [-0.2, -0.15) is 0 Å². The fourth-order valence-electron chi connectivity index (χ4n) is 5.12. The molecule has 2 aromatic carbocycles. The quantitative estimate of drug-likeness (QED) is 0.0793. The largest absolute Gasteiger partial charge is 0.507 e. The number of phenols is 1. The summed E-state index contributed by atoms with van der Waals surface area (Å²) in [5.41, 5.74) is -0.438. The second-order valence-electron chi connectivity index (χ2n) is 11.0. The first kappa shape index (κ1) is 35.0. The number of hydrogen-bond donors (Lipinski definition) is 9. The molecule has 2 aliphatic rings. The van der Waals surface area contributed by atoms with Gasteiger partial charge in [-0.1, -0.05) is 12.1 Å². The fourth-order valence-corrected chi connectivity index (χ4v) is 5.12. The predicted octanol–water partition coefficient (Wildman–Crippen LogP) is -2.45. The highest BCUT2D eigenvalue weighted by molar-refractivity contribution is 5.90. The van der Waals surface area contributed by atoms with Crippen LogP contribution >= 0.6 is 0 Å². The van der Waals surface area contributed by atoms with Crippen molar-refractivity contribution in [2.24, 2.45) is 0 Å². The highest BCUT2D eigenvalue weighted by atomic mass is 16.7. The summed E-state index contributed by atoms with van der Waals surface area (Å²) in [7, 11) is 0. The van der Waals surface area contributed by atoms with E-state index in [1.165, 1.54) is 30.3 Å². The van der Waals surface area contributed by atoms with Gasteiger partial charge in [0.2, 0.25) is 18.0 Å². The van der Waals surface area contributed by atoms with Gasteiger partial charge in [0.15, 0.2) is 0 Å². The highest BCUT2D eigenvalue weighted by Crippen LogP contribution is 2.33. The fraction of sp³-hybridized carbons (Fsp3) is 0.433. The van der Waals surface area contributed by atoms with E-state index >= 15 is 0 Å². The van der Waals surface area contributed by atoms with Crippen LogP contribution < -0.4 is 14.9 Å². The van der Waals surface area contributed by atoms with Gasteiger partial charge >= 0.3 is 11.9 Å². The molecule has 3 aromatic rings. The van der Waals surface area contributed by atoms with Gasteiger partial charge < -0.3 is 74.1 Å². The van der Waals surface area contributed by atoms with Crippen molar-refractivity contribution in [3.05, 3.63) is 52.9 Å². The summed E-state index contributed by atoms with van der Waals surface area (Å²) in [6.07, 6.45) is -15.8. The van der Waals surface area contributed by atoms with E-state index in [1.807, 2.05) is 0 Å². The van der Waals surface area contributed by atoms with E-state index in [0.29, 0.717) is 5.56 Å². The number of hydrogen-bond acceptors (Lipinski definition) is 17. The Morgan fingerprint density at radius 3 is 1.96 bits per heavy atom. The van der Waals surface area contributed by atoms with E-state index in [1.54, 1.807) is 0 Å². The Balaban J connectivity index is 1.29. The third-order valence-corrected chi connectivity index (χ3v) is 7.72. The summed E-state index contributed by atoms with van der Waals surface area (Å²) >= 11 is 0. The van der Waals surface area contributed by atoms with Crippen molar-refractivity contribution < 1.29 is 83.6 Å². The minimum Gasteiger partial charge on any atom is -0.507 e. The third kappa shape index (κ3) is 7.21. The maximum atomic E-state index is 13.4. The number of carboxylic acid groups (broad SMARTS) is 1. The molecule has 0 aliphatic carbocycles. The van der Waals surface area contributed by atoms with Gasteiger partial charge in [0, 0.05) is 12.1 Å². The molecule has 0 saturated carbocycles. The standard InChI is InChI=1S/C30H32O18/c31-8-17-23(37)25(39)27(41)30(47-17)46-13-5-15(32)21-16(6-13)43-9-14(22(21)36)11-1-3-12(4-2-11)45-29-28(42)26(40)24(38)18(48-29)10-44-20(35)7-19(33)34/h1-6,9,17-18,23-32,37-42H,7-8,10H2,(H,33,34)/t17-,18-,23-,24-,25+,26+,27-,28-,29-,30-/m1/s1. The van der Waals surface area contributed by atoms with Gasteiger partial charge in [-0.3, -0.25) is 14.4 Å². The summed E-state index contributed by atoms with van der Waals surface area (Å²) in [6.45, 7) is -1.32. The number of aliphatic carboxylic acids is 1. The minimum absolute atomic E-state index is 0.0164. The number of ether oxygens (including phenoxy) is 5. The Kier molecular flexibility index (Phi) is 10.5. The molecule has 0 bridgehead atoms. The number of carbonyl (C=O) groups excluding carboxylic acids is 1. The van der Waals surface area contributed by atoms with E-state index in [4.69, 9.17) is 33.2 Å². The number of fused-ring (bicyclic) bond motifs is 1. The zero-order chi connectivity index (χ0) is 34.9. The third-order valence-electron chi connectivity index (χ3n) is 7.72. The van der Waals surface area contributed by atoms with Crippen molar-refractivity contribution in [2.75, 3.05) is 13.2 Å². The van der Waals surface area contributed by atoms with E-state index in [-0.39, 0.29) is 28.0 Å². The first-order chi connectivity index (χ1) is 22.8. The summed E-state index contributed by atoms with van der Waals surface area (Å²) in [4.78, 5) is 35.6.